The Balaban J connectivity index is 0. The maximum atomic E-state index is 12.0. The van der Waals surface area contributed by atoms with Gasteiger partial charge in [0.1, 0.15) is 63.7 Å². The van der Waals surface area contributed by atoms with Crippen molar-refractivity contribution < 1.29 is 167 Å². The number of alkyl halides is 2. The van der Waals surface area contributed by atoms with Crippen LogP contribution in [0.3, 0.4) is 0 Å². The largest absolute Gasteiger partial charge is 1.00 e. The zero-order valence-electron chi connectivity index (χ0n) is 75.5. The number of benzene rings is 6. The van der Waals surface area contributed by atoms with Crippen LogP contribution in [0.5, 0.6) is 34.5 Å². The normalized spacial score (nSPS) is 15.5. The molecule has 0 aromatic heterocycles. The summed E-state index contributed by atoms with van der Waals surface area (Å²) >= 11 is 17.0. The second kappa shape index (κ2) is 51.0. The van der Waals surface area contributed by atoms with Crippen LogP contribution in [-0.2, 0) is 106 Å². The Hall–Kier alpha value is -5.73. The van der Waals surface area contributed by atoms with Crippen molar-refractivity contribution in [1.82, 2.24) is 0 Å². The van der Waals surface area contributed by atoms with Gasteiger partial charge in [0.05, 0.1) is 101 Å². The van der Waals surface area contributed by atoms with E-state index in [-0.39, 0.29) is 137 Å². The summed E-state index contributed by atoms with van der Waals surface area (Å²) in [5, 5.41) is 52.6. The third kappa shape index (κ3) is 30.9. The number of aliphatic carboxylic acids is 2. The van der Waals surface area contributed by atoms with E-state index in [2.05, 4.69) is 83.4 Å². The van der Waals surface area contributed by atoms with Gasteiger partial charge in [0.25, 0.3) is 6.47 Å². The van der Waals surface area contributed by atoms with Gasteiger partial charge < -0.3 is 74.7 Å². The van der Waals surface area contributed by atoms with E-state index in [1.807, 2.05) is 84.9 Å². The van der Waals surface area contributed by atoms with E-state index in [9.17, 15) is 39.0 Å². The van der Waals surface area contributed by atoms with Crippen LogP contribution in [0.2, 0.25) is 36.3 Å². The molecule has 0 radical (unpaired) electrons. The number of carbonyl (C=O) groups excluding carboxylic acids is 5. The molecule has 0 atom stereocenters. The number of ether oxygens (including phenoxy) is 7. The van der Waals surface area contributed by atoms with Crippen LogP contribution in [0.25, 0.3) is 0 Å². The van der Waals surface area contributed by atoms with Crippen LogP contribution >= 0.6 is 34.3 Å². The van der Waals surface area contributed by atoms with Gasteiger partial charge in [0.15, 0.2) is 15.7 Å². The average molecular weight is 1790 g/mol. The molecule has 120 heavy (non-hydrogen) atoms. The first kappa shape index (κ1) is 114. The van der Waals surface area contributed by atoms with Crippen molar-refractivity contribution in [1.29, 1.82) is 0 Å². The zero-order chi connectivity index (χ0) is 88.9. The second-order valence-corrected chi connectivity index (χ2v) is 45.3. The number of methoxy groups -OCH3 is 7. The number of aliphatic hydroxyl groups excluding tert-OH is 3. The van der Waals surface area contributed by atoms with Crippen molar-refractivity contribution in [2.75, 3.05) is 62.9 Å². The van der Waals surface area contributed by atoms with Crippen LogP contribution in [0, 0.1) is 0 Å². The van der Waals surface area contributed by atoms with Crippen molar-refractivity contribution in [3.05, 3.63) is 177 Å². The monoisotopic (exact) mass is 1780 g/mol. The van der Waals surface area contributed by atoms with Crippen molar-refractivity contribution in [2.24, 2.45) is 0 Å². The van der Waals surface area contributed by atoms with Crippen molar-refractivity contribution in [3.8, 4) is 34.5 Å². The minimum absolute atomic E-state index is 0. The number of hydrogen-bond acceptors (Lipinski definition) is 20. The first-order valence-corrected chi connectivity index (χ1v) is 46.7. The summed E-state index contributed by atoms with van der Waals surface area (Å²) in [6, 6.07) is 38.2. The fraction of sp³-hybridized carbons (Fsp3) is 0.527. The average Bonchev–Trinajstić information content (AvgIpc) is 1.57. The molecule has 22 nitrogen and oxygen atoms in total. The molecular weight excluding hydrogens is 1650 g/mol. The molecule has 0 spiro atoms. The van der Waals surface area contributed by atoms with Crippen LogP contribution < -0.4 is 92.8 Å². The van der Waals surface area contributed by atoms with E-state index in [4.69, 9.17) is 92.5 Å². The van der Waals surface area contributed by atoms with Gasteiger partial charge in [-0.1, -0.05) is 122 Å². The van der Waals surface area contributed by atoms with Gasteiger partial charge in [-0.05, 0) is 234 Å². The van der Waals surface area contributed by atoms with Gasteiger partial charge in [-0.25, -0.2) is 0 Å². The van der Waals surface area contributed by atoms with Gasteiger partial charge in [-0.3, -0.25) is 33.6 Å². The van der Waals surface area contributed by atoms with Crippen LogP contribution in [0.4, 0.5) is 0 Å². The van der Waals surface area contributed by atoms with Crippen molar-refractivity contribution in [3.63, 3.8) is 0 Å². The molecule has 0 bridgehead atoms. The SMILES string of the molecule is C.CC(C)(C)[Si](C)(C)Cl.CO.COCCl.COc1ccc(C2(C(=O)O)CC2)cc1.COc1ccc(C2(C(=O)O)CC2)cc1CO.COc1ccc(C2(C(C)=O)CC2)cc1.COc1ccc(C2(C(C)=O)CC2)cc1CCl.COc1ccc(C2(C(C)=O)CC2)cc1CO.COc1ccc(C2(C(C)=O)CC2)cc1CO[Si](C)(C)C(C)(C)C.O=CO[O-].[H-].[Na+].[Na+]. The molecule has 6 saturated carbocycles. The van der Waals surface area contributed by atoms with Gasteiger partial charge in [-0.15, -0.1) is 11.6 Å². The van der Waals surface area contributed by atoms with Crippen LogP contribution in [0.1, 0.15) is 211 Å². The Morgan fingerprint density at radius 1 is 0.433 bits per heavy atom. The van der Waals surface area contributed by atoms with Crippen molar-refractivity contribution >= 4 is 91.5 Å². The Labute approximate surface area is 774 Å². The number of aliphatic hydroxyl groups is 3. The predicted octanol–water partition coefficient (Wildman–Crippen LogP) is 12.0. The number of carbonyl (C=O) groups is 7. The molecule has 658 valence electrons. The number of carboxylic acid groups (broad SMARTS) is 2. The molecule has 6 aliphatic carbocycles. The molecule has 6 aromatic rings. The van der Waals surface area contributed by atoms with Gasteiger partial charge in [-0.2, -0.15) is 11.1 Å². The summed E-state index contributed by atoms with van der Waals surface area (Å²) in [4.78, 5) is 80.0. The third-order valence-corrected chi connectivity index (χ3v) is 33.7. The first-order chi connectivity index (χ1) is 54.9. The van der Waals surface area contributed by atoms with E-state index >= 15 is 0 Å². The Bertz CT molecular complexity index is 3940. The number of rotatable bonds is 26. The number of ketones is 4. The molecule has 0 amide bonds. The molecule has 12 rings (SSSR count). The molecule has 0 unspecified atom stereocenters. The predicted molar refractivity (Wildman–Crippen MR) is 469 cm³/mol. The fourth-order valence-electron chi connectivity index (χ4n) is 12.4. The maximum Gasteiger partial charge on any atom is 1.00 e. The third-order valence-electron chi connectivity index (χ3n) is 23.4. The van der Waals surface area contributed by atoms with Gasteiger partial charge in [0, 0.05) is 36.5 Å². The zero-order valence-corrected chi connectivity index (χ0v) is 82.7. The maximum absolute atomic E-state index is 12.0. The van der Waals surface area contributed by atoms with Crippen LogP contribution in [-0.4, -0.2) is 146 Å². The summed E-state index contributed by atoms with van der Waals surface area (Å²) in [5.41, 5.74) is 7.08. The topological polar surface area (TPSA) is 327 Å². The van der Waals surface area contributed by atoms with Gasteiger partial charge in [0.2, 0.25) is 0 Å². The molecule has 0 saturated heterocycles. The molecule has 6 aliphatic rings. The van der Waals surface area contributed by atoms with E-state index < -0.39 is 38.5 Å². The summed E-state index contributed by atoms with van der Waals surface area (Å²) in [6.07, 6.45) is 10.5. The summed E-state index contributed by atoms with van der Waals surface area (Å²) in [7, 11) is 9.00. The van der Waals surface area contributed by atoms with E-state index in [0.717, 1.165) is 144 Å². The summed E-state index contributed by atoms with van der Waals surface area (Å²) in [6.45, 7) is 29.0. The molecule has 6 aromatic carbocycles. The standard InChI is InChI=1S/C19H30O3Si.C13H15ClO2.C13H16O3.C12H14O4.C12H14O2.C11H12O3.C6H15ClSi.C2H5ClO.CH2O3.CH4O.CH4.2Na.H/c1-14(20)19(10-11-19)16-8-9-17(21-5)15(12-16)13-22-23(6,7)18(2,3)4;2*1-9(15)13(5-6-13)11-3-4-12(16-2)10(7-11)8-14;1-16-10-3-2-9(6-8(10)7-13)12(4-5-12)11(14)15;1-9(13)12(7-8-12)10-3-5-11(14-2)6-4-10;1-14-9-4-2-8(3-5-9)11(6-7-11)10(12)13;1-6(2,3)8(4,5)7;1-4-2-3;2-1-4-3;1-2;;;;/h8-9,12H,10-11,13H2,1-7H3;3-4,7H,5-6,8H2,1-2H3;3-4,7,14H,5-6,8H2,1-2H3;2-3,6,13H,4-5,7H2,1H3,(H,14,15);3-6H,7-8H2,1-2H3;2-5H,6-7H2,1H3,(H,12,13);1-5H3;2H2,1H3;1,3H;2H,1H3;1H4;;;/q;;;;;;;;;;;2*+1;-1/p-1. The van der Waals surface area contributed by atoms with Crippen molar-refractivity contribution in [2.45, 2.75) is 248 Å². The molecule has 6 fully saturated rings. The molecule has 29 heteroatoms. The Kier molecular flexibility index (Phi) is 48.6. The van der Waals surface area contributed by atoms with Crippen LogP contribution in [0.15, 0.2) is 121 Å². The smallest absolute Gasteiger partial charge is 1.00 e. The number of halogens is 3. The summed E-state index contributed by atoms with van der Waals surface area (Å²) < 4.78 is 41.7. The molecule has 0 heterocycles. The number of Topliss-reactive ketones (excluding diaryl/α,β-unsaturated/α-hetero) is 4. The number of carboxylic acids is 2. The first-order valence-electron chi connectivity index (χ1n) is 38.7. The minimum atomic E-state index is -1.82. The van der Waals surface area contributed by atoms with Gasteiger partial charge >= 0.3 is 71.1 Å². The van der Waals surface area contributed by atoms with E-state index in [0.29, 0.717) is 53.5 Å². The summed E-state index contributed by atoms with van der Waals surface area (Å²) in [5.74, 6) is 4.39. The Morgan fingerprint density at radius 3 is 0.867 bits per heavy atom. The number of hydrogen-bond donors (Lipinski definition) is 5. The molecule has 0 aliphatic heterocycles. The Morgan fingerprint density at radius 2 is 0.658 bits per heavy atom. The fourth-order valence-corrected chi connectivity index (χ4v) is 13.6. The minimum Gasteiger partial charge on any atom is -1.00 e. The second-order valence-electron chi connectivity index (χ2n) is 32.7. The quantitative estimate of drug-likeness (QED) is 0.00841. The van der Waals surface area contributed by atoms with E-state index in [1.54, 1.807) is 101 Å². The molecular formula is C91H131Cl3Na2O22Si2. The van der Waals surface area contributed by atoms with E-state index in [1.165, 1.54) is 7.11 Å². The molecule has 5 N–H and O–H groups in total.